The molecular formula is C18H33N3O4S. The number of sulfone groups is 1. The Bertz CT molecular complexity index is 579. The quantitative estimate of drug-likeness (QED) is 0.568. The van der Waals surface area contributed by atoms with Gasteiger partial charge in [0.1, 0.15) is 0 Å². The van der Waals surface area contributed by atoms with Crippen LogP contribution in [-0.4, -0.2) is 68.9 Å². The zero-order valence-electron chi connectivity index (χ0n) is 15.8. The number of nitrogens with one attached hydrogen (secondary N) is 2. The summed E-state index contributed by atoms with van der Waals surface area (Å²) >= 11 is 0. The van der Waals surface area contributed by atoms with Crippen molar-refractivity contribution >= 4 is 21.7 Å². The van der Waals surface area contributed by atoms with E-state index < -0.39 is 9.84 Å². The molecule has 2 rings (SSSR count). The molecule has 2 amide bonds. The lowest BCUT2D eigenvalue weighted by Crippen LogP contribution is -2.48. The van der Waals surface area contributed by atoms with Crippen molar-refractivity contribution in [2.24, 2.45) is 5.92 Å². The van der Waals surface area contributed by atoms with Crippen molar-refractivity contribution in [3.63, 3.8) is 0 Å². The van der Waals surface area contributed by atoms with E-state index in [1.54, 1.807) is 0 Å². The Morgan fingerprint density at radius 3 is 2.65 bits per heavy atom. The predicted molar refractivity (Wildman–Crippen MR) is 102 cm³/mol. The maximum Gasteiger partial charge on any atom is 0.234 e. The summed E-state index contributed by atoms with van der Waals surface area (Å²) in [6, 6.07) is -0.264. The number of piperidine rings is 1. The van der Waals surface area contributed by atoms with Crippen LogP contribution in [0, 0.1) is 5.92 Å². The third kappa shape index (κ3) is 7.23. The second-order valence-corrected chi connectivity index (χ2v) is 9.82. The lowest BCUT2D eigenvalue weighted by Gasteiger charge is -2.31. The van der Waals surface area contributed by atoms with E-state index >= 15 is 0 Å². The second kappa shape index (κ2) is 10.3. The van der Waals surface area contributed by atoms with Gasteiger partial charge in [0.15, 0.2) is 9.84 Å². The van der Waals surface area contributed by atoms with E-state index in [1.807, 2.05) is 4.90 Å². The molecule has 0 aromatic heterocycles. The van der Waals surface area contributed by atoms with Crippen LogP contribution in [0.1, 0.15) is 51.9 Å². The summed E-state index contributed by atoms with van der Waals surface area (Å²) in [6.07, 6.45) is 6.80. The van der Waals surface area contributed by atoms with Crippen molar-refractivity contribution in [1.29, 1.82) is 0 Å². The summed E-state index contributed by atoms with van der Waals surface area (Å²) in [7, 11) is -2.99. The Labute approximate surface area is 157 Å². The van der Waals surface area contributed by atoms with Gasteiger partial charge >= 0.3 is 0 Å². The molecule has 26 heavy (non-hydrogen) atoms. The maximum atomic E-state index is 12.3. The minimum absolute atomic E-state index is 0.0435. The zero-order valence-corrected chi connectivity index (χ0v) is 16.7. The zero-order chi connectivity index (χ0) is 19.0. The lowest BCUT2D eigenvalue weighted by molar-refractivity contribution is -0.129. The van der Waals surface area contributed by atoms with Crippen LogP contribution in [-0.2, 0) is 19.4 Å². The van der Waals surface area contributed by atoms with Gasteiger partial charge in [-0.2, -0.15) is 0 Å². The first kappa shape index (κ1) is 21.2. The van der Waals surface area contributed by atoms with Gasteiger partial charge < -0.3 is 10.6 Å². The smallest absolute Gasteiger partial charge is 0.234 e. The third-order valence-corrected chi connectivity index (χ3v) is 6.94. The summed E-state index contributed by atoms with van der Waals surface area (Å²) in [4.78, 5) is 26.5. The van der Waals surface area contributed by atoms with Crippen LogP contribution in [0.2, 0.25) is 0 Å². The largest absolute Gasteiger partial charge is 0.356 e. The van der Waals surface area contributed by atoms with Gasteiger partial charge in [0.2, 0.25) is 11.8 Å². The standard InChI is InChI=1S/C18H33N3O4S/c1-2-3-4-5-9-19-18(23)15-7-6-10-21(12-15)13-17(22)20-16-8-11-26(24,25)14-16/h15-16H,2-14H2,1H3,(H,19,23)(H,20,22). The van der Waals surface area contributed by atoms with Gasteiger partial charge in [0.25, 0.3) is 0 Å². The molecule has 150 valence electrons. The number of carbonyl (C=O) groups excluding carboxylic acids is 2. The highest BCUT2D eigenvalue weighted by atomic mass is 32.2. The Morgan fingerprint density at radius 2 is 1.96 bits per heavy atom. The second-order valence-electron chi connectivity index (χ2n) is 7.59. The molecule has 2 N–H and O–H groups in total. The summed E-state index contributed by atoms with van der Waals surface area (Å²) in [5.74, 6) is 0.0834. The molecule has 2 unspecified atom stereocenters. The molecule has 2 fully saturated rings. The Hall–Kier alpha value is -1.15. The van der Waals surface area contributed by atoms with E-state index in [2.05, 4.69) is 17.6 Å². The fourth-order valence-corrected chi connectivity index (χ4v) is 5.38. The predicted octanol–water partition coefficient (Wildman–Crippen LogP) is 0.698. The number of unbranched alkanes of at least 4 members (excludes halogenated alkanes) is 3. The van der Waals surface area contributed by atoms with Gasteiger partial charge in [-0.1, -0.05) is 26.2 Å². The minimum Gasteiger partial charge on any atom is -0.356 e. The van der Waals surface area contributed by atoms with Crippen LogP contribution in [0.5, 0.6) is 0 Å². The van der Waals surface area contributed by atoms with Gasteiger partial charge in [0, 0.05) is 19.1 Å². The van der Waals surface area contributed by atoms with E-state index in [0.717, 1.165) is 38.8 Å². The molecule has 2 heterocycles. The van der Waals surface area contributed by atoms with Crippen LogP contribution >= 0.6 is 0 Å². The average Bonchev–Trinajstić information content (AvgIpc) is 2.93. The Balaban J connectivity index is 1.68. The SMILES string of the molecule is CCCCCCNC(=O)C1CCCN(CC(=O)NC2CCS(=O)(=O)C2)C1. The maximum absolute atomic E-state index is 12.3. The van der Waals surface area contributed by atoms with E-state index in [-0.39, 0.29) is 41.8 Å². The van der Waals surface area contributed by atoms with E-state index in [1.165, 1.54) is 12.8 Å². The minimum atomic E-state index is -2.99. The summed E-state index contributed by atoms with van der Waals surface area (Å²) in [5.41, 5.74) is 0. The number of likely N-dealkylation sites (tertiary alicyclic amines) is 1. The van der Waals surface area contributed by atoms with Gasteiger partial charge in [-0.3, -0.25) is 14.5 Å². The van der Waals surface area contributed by atoms with Crippen molar-refractivity contribution in [1.82, 2.24) is 15.5 Å². The highest BCUT2D eigenvalue weighted by Gasteiger charge is 2.30. The van der Waals surface area contributed by atoms with Crippen LogP contribution in [0.15, 0.2) is 0 Å². The first-order valence-corrected chi connectivity index (χ1v) is 11.7. The number of rotatable bonds is 9. The number of amides is 2. The van der Waals surface area contributed by atoms with E-state index in [0.29, 0.717) is 13.0 Å². The van der Waals surface area contributed by atoms with Crippen LogP contribution in [0.3, 0.4) is 0 Å². The van der Waals surface area contributed by atoms with Crippen molar-refractivity contribution in [2.45, 2.75) is 57.9 Å². The normalized spacial score (nSPS) is 25.7. The van der Waals surface area contributed by atoms with Gasteiger partial charge in [-0.15, -0.1) is 0 Å². The topological polar surface area (TPSA) is 95.6 Å². The highest BCUT2D eigenvalue weighted by Crippen LogP contribution is 2.17. The van der Waals surface area contributed by atoms with Gasteiger partial charge in [0.05, 0.1) is 24.0 Å². The summed E-state index contributed by atoms with van der Waals surface area (Å²) < 4.78 is 22.9. The molecule has 0 aliphatic carbocycles. The molecule has 2 aliphatic rings. The number of hydrogen-bond donors (Lipinski definition) is 2. The monoisotopic (exact) mass is 387 g/mol. The molecule has 2 saturated heterocycles. The lowest BCUT2D eigenvalue weighted by atomic mass is 9.97. The summed E-state index contributed by atoms with van der Waals surface area (Å²) in [5, 5.41) is 5.84. The highest BCUT2D eigenvalue weighted by molar-refractivity contribution is 7.91. The Kier molecular flexibility index (Phi) is 8.34. The van der Waals surface area contributed by atoms with Gasteiger partial charge in [-0.05, 0) is 32.2 Å². The molecule has 8 heteroatoms. The van der Waals surface area contributed by atoms with Crippen molar-refractivity contribution in [2.75, 3.05) is 37.7 Å². The third-order valence-electron chi connectivity index (χ3n) is 5.17. The average molecular weight is 388 g/mol. The molecular weight excluding hydrogens is 354 g/mol. The van der Waals surface area contributed by atoms with Crippen LogP contribution < -0.4 is 10.6 Å². The molecule has 2 aliphatic heterocycles. The fourth-order valence-electron chi connectivity index (χ4n) is 3.71. The van der Waals surface area contributed by atoms with Gasteiger partial charge in [-0.25, -0.2) is 8.42 Å². The first-order chi connectivity index (χ1) is 12.4. The molecule has 0 aromatic rings. The Morgan fingerprint density at radius 1 is 1.15 bits per heavy atom. The van der Waals surface area contributed by atoms with Crippen molar-refractivity contribution < 1.29 is 18.0 Å². The van der Waals surface area contributed by atoms with E-state index in [9.17, 15) is 18.0 Å². The van der Waals surface area contributed by atoms with Crippen molar-refractivity contribution in [3.8, 4) is 0 Å². The van der Waals surface area contributed by atoms with Crippen LogP contribution in [0.25, 0.3) is 0 Å². The number of carbonyl (C=O) groups is 2. The number of nitrogens with zero attached hydrogens (tertiary/aromatic N) is 1. The van der Waals surface area contributed by atoms with E-state index in [4.69, 9.17) is 0 Å². The van der Waals surface area contributed by atoms with Crippen molar-refractivity contribution in [3.05, 3.63) is 0 Å². The first-order valence-electron chi connectivity index (χ1n) is 9.89. The molecule has 0 aromatic carbocycles. The summed E-state index contributed by atoms with van der Waals surface area (Å²) in [6.45, 7) is 4.52. The molecule has 0 bridgehead atoms. The number of hydrogen-bond acceptors (Lipinski definition) is 5. The molecule has 0 saturated carbocycles. The molecule has 0 spiro atoms. The molecule has 7 nitrogen and oxygen atoms in total. The fraction of sp³-hybridized carbons (Fsp3) is 0.889. The van der Waals surface area contributed by atoms with Crippen LogP contribution in [0.4, 0.5) is 0 Å². The molecule has 2 atom stereocenters. The molecule has 0 radical (unpaired) electrons.